The van der Waals surface area contributed by atoms with E-state index in [4.69, 9.17) is 5.73 Å². The van der Waals surface area contributed by atoms with Crippen molar-refractivity contribution >= 4 is 41.5 Å². The Morgan fingerprint density at radius 2 is 1.90 bits per heavy atom. The molecule has 0 bridgehead atoms. The molecule has 0 saturated carbocycles. The van der Waals surface area contributed by atoms with Crippen LogP contribution in [0.3, 0.4) is 0 Å². The molecule has 1 rings (SSSR count). The Labute approximate surface area is 143 Å². The van der Waals surface area contributed by atoms with Gasteiger partial charge in [-0.3, -0.25) is 9.79 Å². The third-order valence-corrected chi connectivity index (χ3v) is 3.27. The molecule has 21 heavy (non-hydrogen) atoms. The van der Waals surface area contributed by atoms with Crippen LogP contribution in [0.15, 0.2) is 23.2 Å². The Kier molecular flexibility index (Phi) is 7.70. The van der Waals surface area contributed by atoms with Crippen molar-refractivity contribution in [3.05, 3.63) is 29.3 Å². The first-order valence-corrected chi connectivity index (χ1v) is 6.62. The first-order valence-electron chi connectivity index (χ1n) is 6.62. The van der Waals surface area contributed by atoms with Crippen LogP contribution in [0, 0.1) is 19.3 Å². The molecule has 6 heteroatoms. The molecule has 0 fully saturated rings. The van der Waals surface area contributed by atoms with Crippen LogP contribution in [0.4, 0.5) is 5.69 Å². The van der Waals surface area contributed by atoms with Crippen molar-refractivity contribution in [1.29, 1.82) is 0 Å². The number of nitrogens with zero attached hydrogens (tertiary/aromatic N) is 1. The third-order valence-electron chi connectivity index (χ3n) is 3.27. The van der Waals surface area contributed by atoms with Gasteiger partial charge in [0.15, 0.2) is 5.96 Å². The maximum absolute atomic E-state index is 11.6. The average Bonchev–Trinajstić information content (AvgIpc) is 2.40. The summed E-state index contributed by atoms with van der Waals surface area (Å²) >= 11 is 0. The number of aliphatic imine (C=N–C) groups is 1. The van der Waals surface area contributed by atoms with Crippen molar-refractivity contribution < 1.29 is 4.79 Å². The minimum atomic E-state index is -0.579. The monoisotopic (exact) mass is 404 g/mol. The molecule has 1 aromatic rings. The maximum atomic E-state index is 11.6. The quantitative estimate of drug-likeness (QED) is 0.410. The van der Waals surface area contributed by atoms with E-state index in [2.05, 4.69) is 22.5 Å². The Balaban J connectivity index is 0.00000400. The molecular weight excluding hydrogens is 379 g/mol. The molecule has 0 aliphatic heterocycles. The van der Waals surface area contributed by atoms with Crippen LogP contribution in [-0.2, 0) is 4.79 Å². The SMILES string of the molecule is CNC(=O)C(C)(C)CN=C(N)Nc1ccc(C)c(C)c1.I. The molecule has 0 aromatic heterocycles. The van der Waals surface area contributed by atoms with Crippen LogP contribution in [0.25, 0.3) is 0 Å². The standard InChI is InChI=1S/C15H24N4O.HI/c1-10-6-7-12(8-11(10)2)19-14(16)18-9-15(3,4)13(20)17-5;/h6-8H,9H2,1-5H3,(H,17,20)(H3,16,18,19);1H. The van der Waals surface area contributed by atoms with Gasteiger partial charge in [-0.05, 0) is 51.0 Å². The van der Waals surface area contributed by atoms with E-state index in [-0.39, 0.29) is 29.9 Å². The first-order chi connectivity index (χ1) is 9.26. The summed E-state index contributed by atoms with van der Waals surface area (Å²) in [7, 11) is 1.62. The Bertz CT molecular complexity index is 526. The highest BCUT2D eigenvalue weighted by molar-refractivity contribution is 14.0. The smallest absolute Gasteiger partial charge is 0.227 e. The van der Waals surface area contributed by atoms with Crippen LogP contribution in [0.2, 0.25) is 0 Å². The zero-order valence-electron chi connectivity index (χ0n) is 13.3. The van der Waals surface area contributed by atoms with Gasteiger partial charge in [-0.25, -0.2) is 0 Å². The third kappa shape index (κ3) is 5.91. The van der Waals surface area contributed by atoms with E-state index in [1.807, 2.05) is 39.0 Å². The highest BCUT2D eigenvalue weighted by Crippen LogP contribution is 2.16. The molecule has 118 valence electrons. The van der Waals surface area contributed by atoms with Gasteiger partial charge in [-0.2, -0.15) is 0 Å². The summed E-state index contributed by atoms with van der Waals surface area (Å²) in [6.45, 7) is 8.10. The normalized spacial score (nSPS) is 11.6. The van der Waals surface area contributed by atoms with Gasteiger partial charge in [0.2, 0.25) is 5.91 Å². The number of benzene rings is 1. The summed E-state index contributed by atoms with van der Waals surface area (Å²) in [5, 5.41) is 5.66. The molecule has 0 radical (unpaired) electrons. The molecule has 0 saturated heterocycles. The number of hydrogen-bond donors (Lipinski definition) is 3. The number of hydrogen-bond acceptors (Lipinski definition) is 2. The zero-order chi connectivity index (χ0) is 15.3. The predicted octanol–water partition coefficient (Wildman–Crippen LogP) is 2.42. The Morgan fingerprint density at radius 3 is 2.43 bits per heavy atom. The van der Waals surface area contributed by atoms with Crippen LogP contribution in [0.5, 0.6) is 0 Å². The largest absolute Gasteiger partial charge is 0.370 e. The van der Waals surface area contributed by atoms with E-state index in [1.54, 1.807) is 7.05 Å². The van der Waals surface area contributed by atoms with E-state index >= 15 is 0 Å². The lowest BCUT2D eigenvalue weighted by molar-refractivity contribution is -0.128. The number of carbonyl (C=O) groups is 1. The molecule has 1 amide bonds. The number of nitrogens with one attached hydrogen (secondary N) is 2. The fourth-order valence-corrected chi connectivity index (χ4v) is 1.70. The van der Waals surface area contributed by atoms with E-state index in [1.165, 1.54) is 11.1 Å². The Hall–Kier alpha value is -1.31. The van der Waals surface area contributed by atoms with Crippen LogP contribution >= 0.6 is 24.0 Å². The van der Waals surface area contributed by atoms with Crippen molar-refractivity contribution in [2.24, 2.45) is 16.1 Å². The van der Waals surface area contributed by atoms with Gasteiger partial charge in [-0.15, -0.1) is 24.0 Å². The second kappa shape index (κ2) is 8.21. The van der Waals surface area contributed by atoms with Crippen molar-refractivity contribution in [1.82, 2.24) is 5.32 Å². The van der Waals surface area contributed by atoms with Crippen molar-refractivity contribution in [3.63, 3.8) is 0 Å². The number of carbonyl (C=O) groups excluding carboxylic acids is 1. The second-order valence-electron chi connectivity index (χ2n) is 5.59. The topological polar surface area (TPSA) is 79.5 Å². The fourth-order valence-electron chi connectivity index (χ4n) is 1.70. The molecule has 0 unspecified atom stereocenters. The first kappa shape index (κ1) is 19.7. The molecule has 0 aliphatic carbocycles. The minimum Gasteiger partial charge on any atom is -0.370 e. The van der Waals surface area contributed by atoms with E-state index < -0.39 is 5.41 Å². The minimum absolute atomic E-state index is 0. The molecule has 1 aromatic carbocycles. The van der Waals surface area contributed by atoms with Gasteiger partial charge in [-0.1, -0.05) is 6.07 Å². The lowest BCUT2D eigenvalue weighted by Crippen LogP contribution is -2.37. The molecule has 4 N–H and O–H groups in total. The number of rotatable bonds is 4. The number of amides is 1. The highest BCUT2D eigenvalue weighted by Gasteiger charge is 2.26. The van der Waals surface area contributed by atoms with Gasteiger partial charge in [0.1, 0.15) is 0 Å². The summed E-state index contributed by atoms with van der Waals surface area (Å²) in [6, 6.07) is 6.00. The van der Waals surface area contributed by atoms with Crippen LogP contribution in [0.1, 0.15) is 25.0 Å². The van der Waals surface area contributed by atoms with Crippen LogP contribution < -0.4 is 16.4 Å². The summed E-state index contributed by atoms with van der Waals surface area (Å²) in [5.74, 6) is 0.255. The predicted molar refractivity (Wildman–Crippen MR) is 99.3 cm³/mol. The van der Waals surface area contributed by atoms with Gasteiger partial charge < -0.3 is 16.4 Å². The lowest BCUT2D eigenvalue weighted by Gasteiger charge is -2.20. The summed E-state index contributed by atoms with van der Waals surface area (Å²) < 4.78 is 0. The zero-order valence-corrected chi connectivity index (χ0v) is 15.6. The molecule has 0 spiro atoms. The molecule has 0 atom stereocenters. The van der Waals surface area contributed by atoms with E-state index in [0.717, 1.165) is 5.69 Å². The number of aryl methyl sites for hydroxylation is 2. The molecular formula is C15H25IN4O. The summed E-state index contributed by atoms with van der Waals surface area (Å²) in [4.78, 5) is 15.9. The number of anilines is 1. The van der Waals surface area contributed by atoms with E-state index in [9.17, 15) is 4.79 Å². The number of nitrogens with two attached hydrogens (primary N) is 1. The van der Waals surface area contributed by atoms with Crippen molar-refractivity contribution in [2.45, 2.75) is 27.7 Å². The van der Waals surface area contributed by atoms with Gasteiger partial charge >= 0.3 is 0 Å². The van der Waals surface area contributed by atoms with Crippen molar-refractivity contribution in [3.8, 4) is 0 Å². The van der Waals surface area contributed by atoms with Gasteiger partial charge in [0.05, 0.1) is 12.0 Å². The Morgan fingerprint density at radius 1 is 1.29 bits per heavy atom. The van der Waals surface area contributed by atoms with Crippen LogP contribution in [-0.4, -0.2) is 25.5 Å². The number of halogens is 1. The second-order valence-corrected chi connectivity index (χ2v) is 5.59. The van der Waals surface area contributed by atoms with E-state index in [0.29, 0.717) is 12.5 Å². The van der Waals surface area contributed by atoms with Gasteiger partial charge in [0, 0.05) is 12.7 Å². The fraction of sp³-hybridized carbons (Fsp3) is 0.467. The lowest BCUT2D eigenvalue weighted by atomic mass is 9.93. The maximum Gasteiger partial charge on any atom is 0.227 e. The molecule has 0 heterocycles. The highest BCUT2D eigenvalue weighted by atomic mass is 127. The summed E-state index contributed by atoms with van der Waals surface area (Å²) in [5.41, 5.74) is 8.58. The molecule has 5 nitrogen and oxygen atoms in total. The summed E-state index contributed by atoms with van der Waals surface area (Å²) in [6.07, 6.45) is 0. The molecule has 0 aliphatic rings. The average molecular weight is 404 g/mol. The number of guanidine groups is 1. The van der Waals surface area contributed by atoms with Gasteiger partial charge in [0.25, 0.3) is 0 Å². The van der Waals surface area contributed by atoms with Crippen molar-refractivity contribution in [2.75, 3.05) is 18.9 Å².